The Morgan fingerprint density at radius 1 is 0.968 bits per heavy atom. The summed E-state index contributed by atoms with van der Waals surface area (Å²) in [4.78, 5) is 32.0. The van der Waals surface area contributed by atoms with Gasteiger partial charge in [0.2, 0.25) is 0 Å². The molecular formula is C24H20N2O5. The van der Waals surface area contributed by atoms with Gasteiger partial charge in [-0.25, -0.2) is 0 Å². The van der Waals surface area contributed by atoms with Gasteiger partial charge >= 0.3 is 0 Å². The van der Waals surface area contributed by atoms with Crippen molar-refractivity contribution in [3.8, 4) is 11.5 Å². The maximum absolute atomic E-state index is 13.2. The largest absolute Gasteiger partial charge is 0.507 e. The fraction of sp³-hybridized carbons (Fsp3) is 0.125. The Labute approximate surface area is 179 Å². The van der Waals surface area contributed by atoms with Gasteiger partial charge in [-0.2, -0.15) is 0 Å². The highest BCUT2D eigenvalue weighted by Crippen LogP contribution is 2.44. The van der Waals surface area contributed by atoms with Crippen LogP contribution in [0.4, 0.5) is 5.69 Å². The number of hydrogen-bond acceptors (Lipinski definition) is 6. The van der Waals surface area contributed by atoms with E-state index in [1.807, 2.05) is 0 Å². The number of aromatic nitrogens is 1. The minimum absolute atomic E-state index is 0.0529. The van der Waals surface area contributed by atoms with Gasteiger partial charge in [-0.1, -0.05) is 30.3 Å². The Hall–Kier alpha value is -4.13. The number of para-hydroxylation sites is 2. The molecule has 0 spiro atoms. The first-order chi connectivity index (χ1) is 15.1. The van der Waals surface area contributed by atoms with Gasteiger partial charge in [0.25, 0.3) is 11.7 Å². The number of aliphatic hydroxyl groups is 1. The molecule has 4 rings (SSSR count). The summed E-state index contributed by atoms with van der Waals surface area (Å²) in [5.74, 6) is -0.944. The summed E-state index contributed by atoms with van der Waals surface area (Å²) >= 11 is 0. The van der Waals surface area contributed by atoms with Crippen LogP contribution in [0, 0.1) is 0 Å². The van der Waals surface area contributed by atoms with Crippen molar-refractivity contribution in [2.75, 3.05) is 19.1 Å². The number of carbonyl (C=O) groups excluding carboxylic acids is 2. The number of nitrogens with zero attached hydrogens (tertiary/aromatic N) is 2. The maximum atomic E-state index is 13.2. The van der Waals surface area contributed by atoms with E-state index in [1.54, 1.807) is 72.9 Å². The average molecular weight is 416 g/mol. The number of benzene rings is 2. The fourth-order valence-corrected chi connectivity index (χ4v) is 3.65. The number of Topliss-reactive ketones (excluding diaryl/α,β-unsaturated/α-hetero) is 1. The minimum atomic E-state index is -0.927. The summed E-state index contributed by atoms with van der Waals surface area (Å²) in [6.45, 7) is 0. The summed E-state index contributed by atoms with van der Waals surface area (Å²) < 4.78 is 10.6. The van der Waals surface area contributed by atoms with E-state index in [2.05, 4.69) is 4.98 Å². The Bertz CT molecular complexity index is 1170. The van der Waals surface area contributed by atoms with E-state index < -0.39 is 17.7 Å². The summed E-state index contributed by atoms with van der Waals surface area (Å²) in [5, 5.41) is 11.1. The van der Waals surface area contributed by atoms with E-state index >= 15 is 0 Å². The molecule has 7 nitrogen and oxygen atoms in total. The molecule has 7 heteroatoms. The van der Waals surface area contributed by atoms with Crippen LogP contribution in [0.25, 0.3) is 5.76 Å². The van der Waals surface area contributed by atoms with Crippen LogP contribution in [0.15, 0.2) is 78.5 Å². The van der Waals surface area contributed by atoms with Gasteiger partial charge < -0.3 is 14.6 Å². The quantitative estimate of drug-likeness (QED) is 0.387. The van der Waals surface area contributed by atoms with Crippen molar-refractivity contribution in [2.45, 2.75) is 6.04 Å². The molecule has 1 aliphatic rings. The number of ether oxygens (including phenoxy) is 2. The predicted octanol–water partition coefficient (Wildman–Crippen LogP) is 3.73. The molecule has 0 aliphatic carbocycles. The third-order valence-electron chi connectivity index (χ3n) is 5.10. The molecule has 0 radical (unpaired) electrons. The highest BCUT2D eigenvalue weighted by molar-refractivity contribution is 6.51. The van der Waals surface area contributed by atoms with Gasteiger partial charge in [0.1, 0.15) is 23.3 Å². The Morgan fingerprint density at radius 3 is 2.45 bits per heavy atom. The van der Waals surface area contributed by atoms with Crippen molar-refractivity contribution in [3.05, 3.63) is 89.8 Å². The second-order valence-electron chi connectivity index (χ2n) is 6.83. The molecule has 3 aromatic rings. The third kappa shape index (κ3) is 3.50. The van der Waals surface area contributed by atoms with Gasteiger partial charge in [0.15, 0.2) is 0 Å². The number of hydrogen-bond donors (Lipinski definition) is 1. The number of aliphatic hydroxyl groups excluding tert-OH is 1. The molecule has 1 N–H and O–H groups in total. The maximum Gasteiger partial charge on any atom is 0.300 e. The first kappa shape index (κ1) is 20.2. The second kappa shape index (κ2) is 8.31. The first-order valence-electron chi connectivity index (χ1n) is 9.56. The normalized spacial score (nSPS) is 17.6. The lowest BCUT2D eigenvalue weighted by molar-refractivity contribution is -0.132. The Balaban J connectivity index is 1.96. The van der Waals surface area contributed by atoms with Crippen molar-refractivity contribution in [3.63, 3.8) is 0 Å². The molecule has 156 valence electrons. The standard InChI is InChI=1S/C24H20N2O5/c1-30-16-9-7-8-15(14-16)22(27)20-21(17-10-5-6-13-25-17)26(24(29)23(20)28)18-11-3-4-12-19(18)31-2/h3-14,21,27H,1-2H3/b22-20-. The van der Waals surface area contributed by atoms with E-state index in [9.17, 15) is 14.7 Å². The van der Waals surface area contributed by atoms with Gasteiger partial charge in [-0.05, 0) is 36.4 Å². The van der Waals surface area contributed by atoms with Crippen LogP contribution in [0.5, 0.6) is 11.5 Å². The van der Waals surface area contributed by atoms with Gasteiger partial charge in [-0.15, -0.1) is 0 Å². The summed E-state index contributed by atoms with van der Waals surface area (Å²) in [6, 6.07) is 17.8. The van der Waals surface area contributed by atoms with Gasteiger partial charge in [-0.3, -0.25) is 19.5 Å². The minimum Gasteiger partial charge on any atom is -0.507 e. The van der Waals surface area contributed by atoms with Crippen LogP contribution in [0.1, 0.15) is 17.3 Å². The van der Waals surface area contributed by atoms with Crippen molar-refractivity contribution in [1.29, 1.82) is 0 Å². The SMILES string of the molecule is COc1cccc(/C(O)=C2/C(=O)C(=O)N(c3ccccc3OC)C2c2ccccn2)c1. The highest BCUT2D eigenvalue weighted by Gasteiger charge is 2.48. The van der Waals surface area contributed by atoms with E-state index in [4.69, 9.17) is 9.47 Å². The molecular weight excluding hydrogens is 396 g/mol. The lowest BCUT2D eigenvalue weighted by Crippen LogP contribution is -2.30. The Morgan fingerprint density at radius 2 is 1.74 bits per heavy atom. The molecule has 1 fully saturated rings. The monoisotopic (exact) mass is 416 g/mol. The lowest BCUT2D eigenvalue weighted by atomic mass is 9.98. The zero-order valence-electron chi connectivity index (χ0n) is 17.0. The van der Waals surface area contributed by atoms with Crippen LogP contribution in [-0.2, 0) is 9.59 Å². The number of anilines is 1. The predicted molar refractivity (Wildman–Crippen MR) is 115 cm³/mol. The molecule has 1 aromatic heterocycles. The molecule has 0 saturated carbocycles. The molecule has 1 atom stereocenters. The van der Waals surface area contributed by atoms with Crippen LogP contribution < -0.4 is 14.4 Å². The zero-order valence-corrected chi connectivity index (χ0v) is 17.0. The Kier molecular flexibility index (Phi) is 5.41. The molecule has 1 amide bonds. The van der Waals surface area contributed by atoms with E-state index in [0.29, 0.717) is 28.4 Å². The number of rotatable bonds is 5. The highest BCUT2D eigenvalue weighted by atomic mass is 16.5. The number of pyridine rings is 1. The van der Waals surface area contributed by atoms with Crippen LogP contribution >= 0.6 is 0 Å². The smallest absolute Gasteiger partial charge is 0.300 e. The molecule has 2 aromatic carbocycles. The van der Waals surface area contributed by atoms with Crippen molar-refractivity contribution < 1.29 is 24.2 Å². The zero-order chi connectivity index (χ0) is 22.0. The fourth-order valence-electron chi connectivity index (χ4n) is 3.65. The third-order valence-corrected chi connectivity index (χ3v) is 5.10. The van der Waals surface area contributed by atoms with Crippen molar-refractivity contribution in [1.82, 2.24) is 4.98 Å². The second-order valence-corrected chi connectivity index (χ2v) is 6.83. The van der Waals surface area contributed by atoms with E-state index in [0.717, 1.165) is 0 Å². The van der Waals surface area contributed by atoms with Gasteiger partial charge in [0.05, 0.1) is 31.2 Å². The molecule has 1 unspecified atom stereocenters. The topological polar surface area (TPSA) is 89.0 Å². The first-order valence-corrected chi connectivity index (χ1v) is 9.56. The number of carbonyl (C=O) groups is 2. The van der Waals surface area contributed by atoms with Crippen molar-refractivity contribution in [2.24, 2.45) is 0 Å². The lowest BCUT2D eigenvalue weighted by Gasteiger charge is -2.26. The number of amides is 1. The molecule has 1 saturated heterocycles. The average Bonchev–Trinajstić information content (AvgIpc) is 3.09. The summed E-state index contributed by atoms with van der Waals surface area (Å²) in [6.07, 6.45) is 1.57. The van der Waals surface area contributed by atoms with E-state index in [-0.39, 0.29) is 11.3 Å². The van der Waals surface area contributed by atoms with Gasteiger partial charge in [0, 0.05) is 11.8 Å². The number of ketones is 1. The number of methoxy groups -OCH3 is 2. The molecule has 1 aliphatic heterocycles. The van der Waals surface area contributed by atoms with Crippen LogP contribution in [0.3, 0.4) is 0 Å². The van der Waals surface area contributed by atoms with Crippen LogP contribution in [0.2, 0.25) is 0 Å². The summed E-state index contributed by atoms with van der Waals surface area (Å²) in [5.41, 5.74) is 1.16. The summed E-state index contributed by atoms with van der Waals surface area (Å²) in [7, 11) is 3.00. The van der Waals surface area contributed by atoms with E-state index in [1.165, 1.54) is 19.1 Å². The molecule has 31 heavy (non-hydrogen) atoms. The molecule has 2 heterocycles. The van der Waals surface area contributed by atoms with Crippen LogP contribution in [-0.4, -0.2) is 36.0 Å². The van der Waals surface area contributed by atoms with Crippen molar-refractivity contribution >= 4 is 23.1 Å². The molecule has 0 bridgehead atoms.